The summed E-state index contributed by atoms with van der Waals surface area (Å²) in [6, 6.07) is 14.7. The maximum absolute atomic E-state index is 13.4. The van der Waals surface area contributed by atoms with Gasteiger partial charge in [0.15, 0.2) is 0 Å². The van der Waals surface area contributed by atoms with Crippen molar-refractivity contribution in [1.29, 1.82) is 0 Å². The van der Waals surface area contributed by atoms with E-state index in [1.807, 2.05) is 57.2 Å². The maximum Gasteiger partial charge on any atom is 0.245 e. The van der Waals surface area contributed by atoms with Gasteiger partial charge in [0.1, 0.15) is 6.23 Å². The first-order valence-corrected chi connectivity index (χ1v) is 11.0. The van der Waals surface area contributed by atoms with E-state index < -0.39 is 16.3 Å². The zero-order valence-electron chi connectivity index (χ0n) is 15.2. The first kappa shape index (κ1) is 19.5. The van der Waals surface area contributed by atoms with Crippen molar-refractivity contribution >= 4 is 26.0 Å². The van der Waals surface area contributed by atoms with Crippen molar-refractivity contribution in [2.24, 2.45) is 5.92 Å². The van der Waals surface area contributed by atoms with Gasteiger partial charge in [0.05, 0.1) is 17.5 Å². The lowest BCUT2D eigenvalue weighted by molar-refractivity contribution is 0.0686. The lowest BCUT2D eigenvalue weighted by atomic mass is 10.1. The van der Waals surface area contributed by atoms with Gasteiger partial charge in [0.25, 0.3) is 0 Å². The fourth-order valence-electron chi connectivity index (χ4n) is 3.22. The van der Waals surface area contributed by atoms with Gasteiger partial charge in [-0.05, 0) is 36.6 Å². The highest BCUT2D eigenvalue weighted by Gasteiger charge is 2.44. The third-order valence-corrected chi connectivity index (χ3v) is 7.49. The molecule has 0 saturated carbocycles. The van der Waals surface area contributed by atoms with E-state index in [9.17, 15) is 8.42 Å². The van der Waals surface area contributed by atoms with Crippen LogP contribution < -0.4 is 0 Å². The van der Waals surface area contributed by atoms with Gasteiger partial charge in [-0.25, -0.2) is 8.42 Å². The van der Waals surface area contributed by atoms with Gasteiger partial charge in [-0.15, -0.1) is 0 Å². The predicted octanol–water partition coefficient (Wildman–Crippen LogP) is 4.37. The minimum Gasteiger partial charge on any atom is -0.360 e. The molecule has 0 bridgehead atoms. The fourth-order valence-corrected chi connectivity index (χ4v) is 5.50. The molecule has 1 fully saturated rings. The molecule has 4 nitrogen and oxygen atoms in total. The number of halogens is 1. The van der Waals surface area contributed by atoms with Crippen molar-refractivity contribution in [3.05, 3.63) is 64.1 Å². The summed E-state index contributed by atoms with van der Waals surface area (Å²) in [4.78, 5) is 0.316. The van der Waals surface area contributed by atoms with E-state index in [1.165, 1.54) is 0 Å². The second kappa shape index (κ2) is 7.80. The van der Waals surface area contributed by atoms with Gasteiger partial charge in [-0.2, -0.15) is 4.31 Å². The van der Waals surface area contributed by atoms with E-state index in [0.29, 0.717) is 17.9 Å². The molecular weight excluding hydrogens is 414 g/mol. The Balaban J connectivity index is 1.97. The third kappa shape index (κ3) is 3.88. The molecule has 140 valence electrons. The number of hydrogen-bond acceptors (Lipinski definition) is 3. The molecule has 2 aromatic carbocycles. The van der Waals surface area contributed by atoms with Crippen LogP contribution in [0.5, 0.6) is 0 Å². The predicted molar refractivity (Wildman–Crippen MR) is 106 cm³/mol. The minimum absolute atomic E-state index is 0.166. The number of nitrogens with zero attached hydrogens (tertiary/aromatic N) is 1. The third-order valence-electron chi connectivity index (χ3n) is 4.79. The van der Waals surface area contributed by atoms with Gasteiger partial charge in [-0.1, -0.05) is 65.7 Å². The molecule has 1 saturated heterocycles. The Morgan fingerprint density at radius 3 is 2.42 bits per heavy atom. The SMILES string of the molecule is Cc1ccc(S(=O)(=O)N2[C@H](Cc3ccccc3Br)OC[C@@H]2C(C)C)cc1. The van der Waals surface area contributed by atoms with Crippen molar-refractivity contribution < 1.29 is 13.2 Å². The van der Waals surface area contributed by atoms with Crippen molar-refractivity contribution in [3.63, 3.8) is 0 Å². The first-order chi connectivity index (χ1) is 12.3. The summed E-state index contributed by atoms with van der Waals surface area (Å²) in [5, 5.41) is 0. The Morgan fingerprint density at radius 2 is 1.81 bits per heavy atom. The fraction of sp³-hybridized carbons (Fsp3) is 0.400. The van der Waals surface area contributed by atoms with E-state index in [2.05, 4.69) is 15.9 Å². The average molecular weight is 438 g/mol. The van der Waals surface area contributed by atoms with Crippen molar-refractivity contribution in [1.82, 2.24) is 4.31 Å². The summed E-state index contributed by atoms with van der Waals surface area (Å²) < 4.78 is 35.3. The molecular formula is C20H24BrNO3S. The zero-order chi connectivity index (χ0) is 18.9. The summed E-state index contributed by atoms with van der Waals surface area (Å²) in [7, 11) is -3.64. The van der Waals surface area contributed by atoms with Gasteiger partial charge in [0, 0.05) is 10.9 Å². The normalized spacial score (nSPS) is 21.4. The van der Waals surface area contributed by atoms with Gasteiger partial charge < -0.3 is 4.74 Å². The van der Waals surface area contributed by atoms with E-state index in [0.717, 1.165) is 15.6 Å². The summed E-state index contributed by atoms with van der Waals surface area (Å²) in [5.74, 6) is 0.166. The van der Waals surface area contributed by atoms with Crippen LogP contribution in [0.1, 0.15) is 25.0 Å². The number of hydrogen-bond donors (Lipinski definition) is 0. The molecule has 1 aliphatic heterocycles. The van der Waals surface area contributed by atoms with Gasteiger partial charge >= 0.3 is 0 Å². The highest BCUT2D eigenvalue weighted by Crippen LogP contribution is 2.33. The molecule has 0 aromatic heterocycles. The van der Waals surface area contributed by atoms with Crippen LogP contribution in [0.15, 0.2) is 57.9 Å². The van der Waals surface area contributed by atoms with Crippen LogP contribution in [0, 0.1) is 12.8 Å². The summed E-state index contributed by atoms with van der Waals surface area (Å²) in [6.07, 6.45) is 0.00262. The highest BCUT2D eigenvalue weighted by atomic mass is 79.9. The van der Waals surface area contributed by atoms with Gasteiger partial charge in [-0.3, -0.25) is 0 Å². The lowest BCUT2D eigenvalue weighted by Crippen LogP contribution is -2.45. The molecule has 0 aliphatic carbocycles. The molecule has 0 N–H and O–H groups in total. The molecule has 0 unspecified atom stereocenters. The van der Waals surface area contributed by atoms with Crippen LogP contribution in [0.3, 0.4) is 0 Å². The molecule has 1 aliphatic rings. The average Bonchev–Trinajstić information content (AvgIpc) is 3.02. The van der Waals surface area contributed by atoms with Crippen molar-refractivity contribution in [2.45, 2.75) is 44.4 Å². The highest BCUT2D eigenvalue weighted by molar-refractivity contribution is 9.10. The number of rotatable bonds is 5. The smallest absolute Gasteiger partial charge is 0.245 e. The van der Waals surface area contributed by atoms with Crippen LogP contribution in [0.2, 0.25) is 0 Å². The van der Waals surface area contributed by atoms with Crippen molar-refractivity contribution in [2.75, 3.05) is 6.61 Å². The number of sulfonamides is 1. The molecule has 6 heteroatoms. The monoisotopic (exact) mass is 437 g/mol. The zero-order valence-corrected chi connectivity index (χ0v) is 17.6. The Bertz CT molecular complexity index is 865. The van der Waals surface area contributed by atoms with Crippen LogP contribution in [0.25, 0.3) is 0 Å². The Labute approximate surface area is 164 Å². The number of benzene rings is 2. The summed E-state index contributed by atoms with van der Waals surface area (Å²) in [5.41, 5.74) is 2.07. The molecule has 3 rings (SSSR count). The molecule has 26 heavy (non-hydrogen) atoms. The summed E-state index contributed by atoms with van der Waals surface area (Å²) in [6.45, 7) is 6.43. The second-order valence-electron chi connectivity index (χ2n) is 7.04. The van der Waals surface area contributed by atoms with Crippen LogP contribution in [-0.4, -0.2) is 31.6 Å². The van der Waals surface area contributed by atoms with E-state index in [1.54, 1.807) is 16.4 Å². The second-order valence-corrected chi connectivity index (χ2v) is 9.74. The molecule has 0 radical (unpaired) electrons. The molecule has 2 aromatic rings. The van der Waals surface area contributed by atoms with Gasteiger partial charge in [0.2, 0.25) is 10.0 Å². The Kier molecular flexibility index (Phi) is 5.87. The first-order valence-electron chi connectivity index (χ1n) is 8.76. The molecule has 0 amide bonds. The quantitative estimate of drug-likeness (QED) is 0.697. The van der Waals surface area contributed by atoms with E-state index in [4.69, 9.17) is 4.74 Å². The van der Waals surface area contributed by atoms with Crippen molar-refractivity contribution in [3.8, 4) is 0 Å². The van der Waals surface area contributed by atoms with Crippen LogP contribution in [0.4, 0.5) is 0 Å². The van der Waals surface area contributed by atoms with Crippen LogP contribution in [-0.2, 0) is 21.2 Å². The Hall–Kier alpha value is -1.21. The Morgan fingerprint density at radius 1 is 1.15 bits per heavy atom. The number of aryl methyl sites for hydroxylation is 1. The molecule has 1 heterocycles. The van der Waals surface area contributed by atoms with E-state index >= 15 is 0 Å². The molecule has 2 atom stereocenters. The standard InChI is InChI=1S/C20H24BrNO3S/c1-14(2)19-13-25-20(12-16-6-4-5-7-18(16)21)22(19)26(23,24)17-10-8-15(3)9-11-17/h4-11,14,19-20H,12-13H2,1-3H3/t19-,20+/m1/s1. The van der Waals surface area contributed by atoms with Crippen LogP contribution >= 0.6 is 15.9 Å². The topological polar surface area (TPSA) is 46.6 Å². The molecule has 0 spiro atoms. The lowest BCUT2D eigenvalue weighted by Gasteiger charge is -2.29. The summed E-state index contributed by atoms with van der Waals surface area (Å²) >= 11 is 3.55. The number of ether oxygens (including phenoxy) is 1. The largest absolute Gasteiger partial charge is 0.360 e. The maximum atomic E-state index is 13.4. The van der Waals surface area contributed by atoms with E-state index in [-0.39, 0.29) is 12.0 Å². The minimum atomic E-state index is -3.64.